The smallest absolute Gasteiger partial charge is 0.324 e. The van der Waals surface area contributed by atoms with Crippen LogP contribution >= 0.6 is 0 Å². The van der Waals surface area contributed by atoms with Crippen LogP contribution in [0.25, 0.3) is 27.5 Å². The van der Waals surface area contributed by atoms with Gasteiger partial charge in [-0.3, -0.25) is 9.59 Å². The van der Waals surface area contributed by atoms with Crippen molar-refractivity contribution in [2.75, 3.05) is 5.32 Å². The van der Waals surface area contributed by atoms with Crippen LogP contribution in [0.15, 0.2) is 83.9 Å². The number of anilines is 1. The van der Waals surface area contributed by atoms with E-state index < -0.39 is 29.8 Å². The molecule has 0 unspecified atom stereocenters. The Morgan fingerprint density at radius 3 is 2.47 bits per heavy atom. The molecule has 0 aliphatic carbocycles. The summed E-state index contributed by atoms with van der Waals surface area (Å²) in [6, 6.07) is 19.3. The number of aromatic nitrogens is 4. The normalized spacial score (nSPS) is 11.7. The molecule has 0 aliphatic heterocycles. The molecule has 0 saturated carbocycles. The second-order valence-electron chi connectivity index (χ2n) is 7.60. The third kappa shape index (κ3) is 4.01. The lowest BCUT2D eigenvalue weighted by Gasteiger charge is -2.09. The number of rotatable bonds is 4. The maximum Gasteiger partial charge on any atom is 0.416 e. The van der Waals surface area contributed by atoms with Crippen LogP contribution in [0, 0.1) is 0 Å². The van der Waals surface area contributed by atoms with E-state index in [0.29, 0.717) is 5.69 Å². The fourth-order valence-electron chi connectivity index (χ4n) is 3.71. The molecule has 0 radical (unpaired) electrons. The zero-order valence-electron chi connectivity index (χ0n) is 17.5. The number of benzene rings is 3. The average Bonchev–Trinajstić information content (AvgIpc) is 3.25. The van der Waals surface area contributed by atoms with Crippen LogP contribution in [0.3, 0.4) is 0 Å². The molecule has 10 heteroatoms. The van der Waals surface area contributed by atoms with E-state index in [2.05, 4.69) is 15.5 Å². The van der Waals surface area contributed by atoms with Crippen molar-refractivity contribution in [3.63, 3.8) is 0 Å². The summed E-state index contributed by atoms with van der Waals surface area (Å²) in [5.74, 6) is -0.604. The number of amides is 1. The molecule has 0 saturated heterocycles. The Morgan fingerprint density at radius 2 is 1.71 bits per heavy atom. The van der Waals surface area contributed by atoms with Crippen molar-refractivity contribution >= 4 is 27.9 Å². The number of hydrogen-bond acceptors (Lipinski definition) is 4. The lowest BCUT2D eigenvalue weighted by molar-refractivity contribution is -0.137. The highest BCUT2D eigenvalue weighted by Gasteiger charge is 2.30. The summed E-state index contributed by atoms with van der Waals surface area (Å²) < 4.78 is 40.4. The van der Waals surface area contributed by atoms with Gasteiger partial charge in [0, 0.05) is 11.3 Å². The molecule has 5 rings (SSSR count). The second-order valence-corrected chi connectivity index (χ2v) is 7.60. The molecule has 5 aromatic rings. The van der Waals surface area contributed by atoms with E-state index in [-0.39, 0.29) is 11.2 Å². The Bertz CT molecular complexity index is 1580. The van der Waals surface area contributed by atoms with Gasteiger partial charge < -0.3 is 5.32 Å². The second kappa shape index (κ2) is 8.14. The number of fused-ring (bicyclic) bond motifs is 2. The summed E-state index contributed by atoms with van der Waals surface area (Å²) in [4.78, 5) is 25.3. The highest BCUT2D eigenvalue weighted by molar-refractivity contribution is 5.96. The molecule has 34 heavy (non-hydrogen) atoms. The first-order valence-corrected chi connectivity index (χ1v) is 10.2. The third-order valence-electron chi connectivity index (χ3n) is 5.34. The van der Waals surface area contributed by atoms with E-state index >= 15 is 0 Å². The van der Waals surface area contributed by atoms with E-state index in [9.17, 15) is 22.8 Å². The van der Waals surface area contributed by atoms with Crippen LogP contribution in [0.5, 0.6) is 0 Å². The minimum absolute atomic E-state index is 0.176. The van der Waals surface area contributed by atoms with Crippen LogP contribution in [0.2, 0.25) is 0 Å². The predicted molar refractivity (Wildman–Crippen MR) is 120 cm³/mol. The van der Waals surface area contributed by atoms with Gasteiger partial charge in [-0.2, -0.15) is 23.4 Å². The summed E-state index contributed by atoms with van der Waals surface area (Å²) in [5.41, 5.74) is 0.506. The molecule has 0 fully saturated rings. The number of nitrogens with one attached hydrogen (secondary N) is 1. The Balaban J connectivity index is 1.40. The van der Waals surface area contributed by atoms with Crippen LogP contribution < -0.4 is 10.9 Å². The summed E-state index contributed by atoms with van der Waals surface area (Å²) in [7, 11) is 0. The van der Waals surface area contributed by atoms with Crippen molar-refractivity contribution in [1.29, 1.82) is 0 Å². The van der Waals surface area contributed by atoms with Crippen molar-refractivity contribution in [3.8, 4) is 11.3 Å². The number of hydrogen-bond donors (Lipinski definition) is 1. The standard InChI is InChI=1S/C24H16F3N5O2/c25-24(26,27)16-8-10-17(11-9-16)29-22(33)13-31-23(34)21-12-20(30-32(21)14-28-31)19-7-3-5-15-4-1-2-6-18(15)19/h1-12,14H,13H2,(H,29,33). The van der Waals surface area contributed by atoms with Crippen LogP contribution in [0.1, 0.15) is 5.56 Å². The van der Waals surface area contributed by atoms with Crippen LogP contribution in [-0.2, 0) is 17.5 Å². The molecule has 3 aromatic carbocycles. The molecule has 0 bridgehead atoms. The van der Waals surface area contributed by atoms with Crippen molar-refractivity contribution in [1.82, 2.24) is 19.4 Å². The first kappa shape index (κ1) is 21.4. The summed E-state index contributed by atoms with van der Waals surface area (Å²) in [6.07, 6.45) is -3.14. The van der Waals surface area contributed by atoms with Gasteiger partial charge in [0.1, 0.15) is 18.4 Å². The predicted octanol–water partition coefficient (Wildman–Crippen LogP) is 4.37. The average molecular weight is 463 g/mol. The first-order chi connectivity index (χ1) is 16.3. The molecule has 2 heterocycles. The van der Waals surface area contributed by atoms with Crippen molar-refractivity contribution in [2.45, 2.75) is 12.7 Å². The van der Waals surface area contributed by atoms with Crippen molar-refractivity contribution in [2.24, 2.45) is 0 Å². The highest BCUT2D eigenvalue weighted by Crippen LogP contribution is 2.30. The molecule has 170 valence electrons. The molecule has 1 amide bonds. The lowest BCUT2D eigenvalue weighted by Crippen LogP contribution is -2.30. The molecular formula is C24H16F3N5O2. The minimum Gasteiger partial charge on any atom is -0.324 e. The number of nitrogens with zero attached hydrogens (tertiary/aromatic N) is 4. The summed E-state index contributed by atoms with van der Waals surface area (Å²) >= 11 is 0. The Labute approximate surface area is 190 Å². The first-order valence-electron chi connectivity index (χ1n) is 10.2. The van der Waals surface area contributed by atoms with Gasteiger partial charge in [-0.1, -0.05) is 42.5 Å². The molecule has 7 nitrogen and oxygen atoms in total. The highest BCUT2D eigenvalue weighted by atomic mass is 19.4. The number of carbonyl (C=O) groups is 1. The topological polar surface area (TPSA) is 81.3 Å². The number of halogens is 3. The van der Waals surface area contributed by atoms with Gasteiger partial charge >= 0.3 is 6.18 Å². The van der Waals surface area contributed by atoms with Gasteiger partial charge in [-0.05, 0) is 41.1 Å². The Morgan fingerprint density at radius 1 is 0.971 bits per heavy atom. The van der Waals surface area contributed by atoms with Gasteiger partial charge in [-0.25, -0.2) is 9.20 Å². The van der Waals surface area contributed by atoms with Crippen molar-refractivity contribution < 1.29 is 18.0 Å². The van der Waals surface area contributed by atoms with Gasteiger partial charge in [-0.15, -0.1) is 0 Å². The molecular weight excluding hydrogens is 447 g/mol. The third-order valence-corrected chi connectivity index (χ3v) is 5.34. The molecule has 0 atom stereocenters. The SMILES string of the molecule is O=C(Cn1ncn2nc(-c3cccc4ccccc34)cc2c1=O)Nc1ccc(C(F)(F)F)cc1. The van der Waals surface area contributed by atoms with Crippen LogP contribution in [-0.4, -0.2) is 25.3 Å². The van der Waals surface area contributed by atoms with E-state index in [0.717, 1.165) is 45.3 Å². The fraction of sp³-hybridized carbons (Fsp3) is 0.0833. The van der Waals surface area contributed by atoms with Crippen LogP contribution in [0.4, 0.5) is 18.9 Å². The van der Waals surface area contributed by atoms with E-state index in [1.165, 1.54) is 10.8 Å². The van der Waals surface area contributed by atoms with Crippen molar-refractivity contribution in [3.05, 3.63) is 95.0 Å². The minimum atomic E-state index is -4.47. The summed E-state index contributed by atoms with van der Waals surface area (Å²) in [5, 5.41) is 12.9. The summed E-state index contributed by atoms with van der Waals surface area (Å²) in [6.45, 7) is -0.412. The molecule has 0 aliphatic rings. The maximum atomic E-state index is 12.9. The largest absolute Gasteiger partial charge is 0.416 e. The Kier molecular flexibility index (Phi) is 5.12. The number of alkyl halides is 3. The van der Waals surface area contributed by atoms with E-state index in [1.54, 1.807) is 6.07 Å². The van der Waals surface area contributed by atoms with Gasteiger partial charge in [0.05, 0.1) is 11.3 Å². The molecule has 1 N–H and O–H groups in total. The quantitative estimate of drug-likeness (QED) is 0.429. The monoisotopic (exact) mass is 463 g/mol. The lowest BCUT2D eigenvalue weighted by atomic mass is 10.0. The van der Waals surface area contributed by atoms with E-state index in [1.807, 2.05) is 42.5 Å². The van der Waals surface area contributed by atoms with E-state index in [4.69, 9.17) is 0 Å². The zero-order valence-corrected chi connectivity index (χ0v) is 17.5. The maximum absolute atomic E-state index is 12.9. The van der Waals surface area contributed by atoms with Gasteiger partial charge in [0.15, 0.2) is 0 Å². The van der Waals surface area contributed by atoms with Gasteiger partial charge in [0.2, 0.25) is 5.91 Å². The molecule has 0 spiro atoms. The fourth-order valence-corrected chi connectivity index (χ4v) is 3.71. The molecule has 2 aromatic heterocycles. The zero-order chi connectivity index (χ0) is 23.9. The van der Waals surface area contributed by atoms with Gasteiger partial charge in [0.25, 0.3) is 5.56 Å². The Hall–Kier alpha value is -4.47. The number of carbonyl (C=O) groups excluding carboxylic acids is 1.